The molecule has 22 heavy (non-hydrogen) atoms. The Hall–Kier alpha value is 0.297. The first-order chi connectivity index (χ1) is 10.3. The molecule has 0 amide bonds. The number of nitrogens with zero attached hydrogens (tertiary/aromatic N) is 1. The number of hydrogen-bond donors (Lipinski definition) is 0. The van der Waals surface area contributed by atoms with E-state index in [0.717, 1.165) is 6.54 Å². The van der Waals surface area contributed by atoms with E-state index < -0.39 is 0 Å². The molecule has 0 spiro atoms. The maximum absolute atomic E-state index is 3.81. The summed E-state index contributed by atoms with van der Waals surface area (Å²) < 4.78 is 0. The van der Waals surface area contributed by atoms with Crippen molar-refractivity contribution in [1.82, 2.24) is 4.90 Å². The van der Waals surface area contributed by atoms with Crippen LogP contribution in [0.1, 0.15) is 90.9 Å². The van der Waals surface area contributed by atoms with Crippen molar-refractivity contribution in [3.8, 4) is 0 Å². The SMILES string of the molecule is [CH2]C=CCN(CCCCCCCC)CCCCCCCC.[LiH]. The van der Waals surface area contributed by atoms with Gasteiger partial charge in [-0.1, -0.05) is 90.2 Å². The van der Waals surface area contributed by atoms with E-state index in [1.807, 2.05) is 6.08 Å². The molecule has 127 valence electrons. The van der Waals surface area contributed by atoms with Gasteiger partial charge in [-0.25, -0.2) is 0 Å². The maximum atomic E-state index is 3.81. The standard InChI is InChI=1S/C20H40N.Li.H/c1-4-7-10-12-14-16-19-21(18-9-6-3)20-17-15-13-11-8-5-2;;/h6,9H,3-5,7-8,10-20H2,1-2H3;;. The molecule has 0 heterocycles. The van der Waals surface area contributed by atoms with Crippen molar-refractivity contribution < 1.29 is 0 Å². The molecule has 0 aromatic rings. The van der Waals surface area contributed by atoms with Crippen LogP contribution in [-0.4, -0.2) is 43.4 Å². The Kier molecular flexibility index (Phi) is 23.8. The number of hydrogen-bond acceptors (Lipinski definition) is 1. The summed E-state index contributed by atoms with van der Waals surface area (Å²) in [6.07, 6.45) is 20.9. The Morgan fingerprint density at radius 2 is 1.09 bits per heavy atom. The molecule has 0 aliphatic carbocycles. The van der Waals surface area contributed by atoms with Crippen molar-refractivity contribution in [2.75, 3.05) is 19.6 Å². The van der Waals surface area contributed by atoms with Gasteiger partial charge in [-0.2, -0.15) is 0 Å². The van der Waals surface area contributed by atoms with Crippen LogP contribution in [0.25, 0.3) is 0 Å². The Morgan fingerprint density at radius 1 is 0.682 bits per heavy atom. The molecule has 0 bridgehead atoms. The van der Waals surface area contributed by atoms with E-state index in [2.05, 4.69) is 31.7 Å². The molecular weight excluding hydrogens is 261 g/mol. The quantitative estimate of drug-likeness (QED) is 0.259. The van der Waals surface area contributed by atoms with E-state index in [0.29, 0.717) is 0 Å². The summed E-state index contributed by atoms with van der Waals surface area (Å²) >= 11 is 0. The zero-order valence-electron chi connectivity index (χ0n) is 14.9. The van der Waals surface area contributed by atoms with Gasteiger partial charge in [-0.15, -0.1) is 0 Å². The second-order valence-corrected chi connectivity index (χ2v) is 6.31. The average Bonchev–Trinajstić information content (AvgIpc) is 2.50. The Morgan fingerprint density at radius 3 is 1.50 bits per heavy atom. The predicted molar refractivity (Wildman–Crippen MR) is 105 cm³/mol. The van der Waals surface area contributed by atoms with Crippen LogP contribution >= 0.6 is 0 Å². The first kappa shape index (κ1) is 24.5. The summed E-state index contributed by atoms with van der Waals surface area (Å²) in [4.78, 5) is 2.61. The van der Waals surface area contributed by atoms with E-state index in [4.69, 9.17) is 0 Å². The third kappa shape index (κ3) is 18.3. The fourth-order valence-electron chi connectivity index (χ4n) is 2.75. The van der Waals surface area contributed by atoms with Gasteiger partial charge in [-0.3, -0.25) is 4.90 Å². The topological polar surface area (TPSA) is 3.24 Å². The molecular formula is C20H41LiN. The summed E-state index contributed by atoms with van der Waals surface area (Å²) in [5, 5.41) is 0. The van der Waals surface area contributed by atoms with E-state index in [-0.39, 0.29) is 18.9 Å². The van der Waals surface area contributed by atoms with E-state index in [1.54, 1.807) is 0 Å². The van der Waals surface area contributed by atoms with Crippen molar-refractivity contribution in [2.24, 2.45) is 0 Å². The van der Waals surface area contributed by atoms with Gasteiger partial charge < -0.3 is 0 Å². The van der Waals surface area contributed by atoms with Crippen LogP contribution in [-0.2, 0) is 0 Å². The molecule has 0 rings (SSSR count). The fourth-order valence-corrected chi connectivity index (χ4v) is 2.75. The number of unbranched alkanes of at least 4 members (excludes halogenated alkanes) is 10. The Bertz CT molecular complexity index is 200. The van der Waals surface area contributed by atoms with Gasteiger partial charge in [0.15, 0.2) is 0 Å². The van der Waals surface area contributed by atoms with Crippen LogP contribution in [0.2, 0.25) is 0 Å². The minimum absolute atomic E-state index is 0. The molecule has 0 atom stereocenters. The van der Waals surface area contributed by atoms with Crippen LogP contribution in [0.4, 0.5) is 0 Å². The molecule has 0 aliphatic heterocycles. The van der Waals surface area contributed by atoms with Crippen LogP contribution < -0.4 is 0 Å². The van der Waals surface area contributed by atoms with Crippen molar-refractivity contribution in [2.45, 2.75) is 90.9 Å². The van der Waals surface area contributed by atoms with Crippen molar-refractivity contribution >= 4 is 18.9 Å². The molecule has 0 aromatic carbocycles. The third-order valence-electron chi connectivity index (χ3n) is 4.19. The third-order valence-corrected chi connectivity index (χ3v) is 4.19. The molecule has 0 aromatic heterocycles. The number of allylic oxidation sites excluding steroid dienone is 1. The van der Waals surface area contributed by atoms with Gasteiger partial charge in [0.1, 0.15) is 0 Å². The fraction of sp³-hybridized carbons (Fsp3) is 0.850. The van der Waals surface area contributed by atoms with Gasteiger partial charge in [0.2, 0.25) is 0 Å². The molecule has 1 nitrogen and oxygen atoms in total. The molecule has 0 unspecified atom stereocenters. The van der Waals surface area contributed by atoms with Gasteiger partial charge in [0, 0.05) is 6.54 Å². The Balaban J connectivity index is 0. The monoisotopic (exact) mass is 302 g/mol. The minimum atomic E-state index is 0. The van der Waals surface area contributed by atoms with Gasteiger partial charge in [0.05, 0.1) is 0 Å². The Labute approximate surface area is 153 Å². The molecule has 1 radical (unpaired) electrons. The van der Waals surface area contributed by atoms with Crippen LogP contribution in [0, 0.1) is 6.92 Å². The first-order valence-corrected chi connectivity index (χ1v) is 9.51. The normalized spacial score (nSPS) is 11.3. The first-order valence-electron chi connectivity index (χ1n) is 9.51. The summed E-state index contributed by atoms with van der Waals surface area (Å²) in [7, 11) is 0. The summed E-state index contributed by atoms with van der Waals surface area (Å²) in [6.45, 7) is 12.0. The zero-order valence-corrected chi connectivity index (χ0v) is 14.9. The summed E-state index contributed by atoms with van der Waals surface area (Å²) in [6, 6.07) is 0. The molecule has 0 fully saturated rings. The zero-order chi connectivity index (χ0) is 15.6. The van der Waals surface area contributed by atoms with Crippen molar-refractivity contribution in [3.05, 3.63) is 19.1 Å². The van der Waals surface area contributed by atoms with Crippen LogP contribution in [0.15, 0.2) is 12.2 Å². The molecule has 0 aliphatic rings. The second kappa shape index (κ2) is 21.3. The van der Waals surface area contributed by atoms with E-state index >= 15 is 0 Å². The van der Waals surface area contributed by atoms with Crippen LogP contribution in [0.5, 0.6) is 0 Å². The summed E-state index contributed by atoms with van der Waals surface area (Å²) in [5.41, 5.74) is 0. The molecule has 0 saturated carbocycles. The van der Waals surface area contributed by atoms with E-state index in [1.165, 1.54) is 90.1 Å². The predicted octanol–water partition coefficient (Wildman–Crippen LogP) is 5.75. The molecule has 0 saturated heterocycles. The van der Waals surface area contributed by atoms with Crippen LogP contribution in [0.3, 0.4) is 0 Å². The second-order valence-electron chi connectivity index (χ2n) is 6.31. The number of rotatable bonds is 16. The molecule has 0 N–H and O–H groups in total. The average molecular weight is 302 g/mol. The van der Waals surface area contributed by atoms with Gasteiger partial charge in [0.25, 0.3) is 0 Å². The van der Waals surface area contributed by atoms with E-state index in [9.17, 15) is 0 Å². The molecule has 2 heteroatoms. The van der Waals surface area contributed by atoms with Gasteiger partial charge >= 0.3 is 18.9 Å². The summed E-state index contributed by atoms with van der Waals surface area (Å²) in [5.74, 6) is 0. The van der Waals surface area contributed by atoms with Gasteiger partial charge in [-0.05, 0) is 32.9 Å². The van der Waals surface area contributed by atoms with Crippen molar-refractivity contribution in [3.63, 3.8) is 0 Å². The van der Waals surface area contributed by atoms with Crippen molar-refractivity contribution in [1.29, 1.82) is 0 Å².